The third-order valence-electron chi connectivity index (χ3n) is 9.56. The lowest BCUT2D eigenvalue weighted by Gasteiger charge is -2.09. The van der Waals surface area contributed by atoms with Crippen LogP contribution in [0.4, 0.5) is 12.9 Å². The van der Waals surface area contributed by atoms with Gasteiger partial charge in [-0.25, -0.2) is 54.8 Å². The van der Waals surface area contributed by atoms with Gasteiger partial charge in [-0.2, -0.15) is 0 Å². The highest BCUT2D eigenvalue weighted by atomic mass is 19.1. The second-order valence-corrected chi connectivity index (χ2v) is 16.8. The minimum atomic E-state index is -3.17. The molecule has 0 aliphatic carbocycles. The van der Waals surface area contributed by atoms with Gasteiger partial charge >= 0.3 is 0 Å². The fraction of sp³-hybridized carbons (Fsp3) is 0.625. The first-order chi connectivity index (χ1) is 34.2. The summed E-state index contributed by atoms with van der Waals surface area (Å²) in [6, 6.07) is 0. The van der Waals surface area contributed by atoms with Crippen LogP contribution in [0.25, 0.3) is 0 Å². The molecule has 0 unspecified atom stereocenters. The van der Waals surface area contributed by atoms with E-state index >= 15 is 0 Å². The maximum absolute atomic E-state index is 9.89. The molecule has 0 saturated carbocycles. The van der Waals surface area contributed by atoms with Crippen molar-refractivity contribution in [3.05, 3.63) is 112 Å². The third kappa shape index (κ3) is 50.0. The van der Waals surface area contributed by atoms with E-state index < -0.39 is 22.2 Å². The van der Waals surface area contributed by atoms with Crippen molar-refractivity contribution in [3.63, 3.8) is 0 Å². The Kier molecular flexibility index (Phi) is 47.8. The zero-order chi connectivity index (χ0) is 55.1. The summed E-state index contributed by atoms with van der Waals surface area (Å²) in [7, 11) is 2.76. The molecule has 0 aliphatic heterocycles. The number of aryl methyl sites for hydroxylation is 12. The van der Waals surface area contributed by atoms with Gasteiger partial charge in [0.1, 0.15) is 96.5 Å². The van der Waals surface area contributed by atoms with Crippen LogP contribution in [0, 0.1) is 0 Å². The molecule has 6 aromatic heterocycles. The van der Waals surface area contributed by atoms with E-state index in [-0.39, 0.29) is 0 Å². The van der Waals surface area contributed by atoms with Crippen molar-refractivity contribution in [2.45, 2.75) is 158 Å². The van der Waals surface area contributed by atoms with E-state index in [1.54, 1.807) is 0 Å². The highest BCUT2D eigenvalue weighted by Crippen LogP contribution is 1.96. The first kappa shape index (κ1) is 71.3. The minimum absolute atomic E-state index is 1.15. The van der Waals surface area contributed by atoms with E-state index in [2.05, 4.69) is 209 Å². The van der Waals surface area contributed by atoms with Crippen molar-refractivity contribution in [1.82, 2.24) is 27.4 Å². The minimum Gasteiger partial charge on any atom is -0.867 e. The van der Waals surface area contributed by atoms with Crippen molar-refractivity contribution >= 4 is 22.2 Å². The Morgan fingerprint density at radius 1 is 0.292 bits per heavy atom. The molecule has 6 heterocycles. The number of halogens is 3. The summed E-state index contributed by atoms with van der Waals surface area (Å²) in [6.45, 7) is 20.2. The second kappa shape index (κ2) is 48.3. The molecule has 408 valence electrons. The molecule has 0 aliphatic rings. The Balaban J connectivity index is -0.000000759. The normalized spacial score (nSPS) is 9.62. The zero-order valence-electron chi connectivity index (χ0n) is 45.8. The van der Waals surface area contributed by atoms with Gasteiger partial charge in [-0.3, -0.25) is 0 Å². The first-order valence-corrected chi connectivity index (χ1v) is 25.1. The molecule has 6 aromatic rings. The predicted molar refractivity (Wildman–Crippen MR) is 264 cm³/mol. The van der Waals surface area contributed by atoms with Gasteiger partial charge in [0.15, 0.2) is 0 Å². The summed E-state index contributed by atoms with van der Waals surface area (Å²) in [6.07, 6.45) is 52.9. The van der Waals surface area contributed by atoms with Crippen LogP contribution in [0.2, 0.25) is 0 Å². The largest absolute Gasteiger partial charge is 0.867 e. The molecule has 0 saturated heterocycles. The molecule has 0 spiro atoms. The Morgan fingerprint density at radius 2 is 0.403 bits per heavy atom. The molecule has 0 amide bonds. The summed E-state index contributed by atoms with van der Waals surface area (Å²) in [5.74, 6) is 0. The molecule has 0 N–H and O–H groups in total. The van der Waals surface area contributed by atoms with Gasteiger partial charge in [-0.15, -0.1) is 0 Å². The molecular formula is C48H90B3F3N12O6. The van der Waals surface area contributed by atoms with Crippen LogP contribution < -0.4 is 57.5 Å². The molecule has 0 aromatic carbocycles. The topological polar surface area (TPSA) is 191 Å². The lowest BCUT2D eigenvalue weighted by molar-refractivity contribution is -0.671. The quantitative estimate of drug-likeness (QED) is 0.0837. The van der Waals surface area contributed by atoms with Gasteiger partial charge in [0.2, 0.25) is 38.0 Å². The number of rotatable bonds is 18. The molecule has 72 heavy (non-hydrogen) atoms. The average molecular weight is 1020 g/mol. The number of imidazole rings is 6. The van der Waals surface area contributed by atoms with E-state index in [4.69, 9.17) is 30.1 Å². The molecule has 0 atom stereocenters. The second-order valence-electron chi connectivity index (χ2n) is 16.8. The van der Waals surface area contributed by atoms with Gasteiger partial charge in [-0.1, -0.05) is 80.1 Å². The fourth-order valence-corrected chi connectivity index (χ4v) is 5.85. The van der Waals surface area contributed by atoms with Crippen LogP contribution in [0.3, 0.4) is 0 Å². The van der Waals surface area contributed by atoms with Crippen LogP contribution in [-0.2, 0) is 81.6 Å². The van der Waals surface area contributed by atoms with Crippen molar-refractivity contribution in [1.29, 1.82) is 0 Å². The fourth-order valence-electron chi connectivity index (χ4n) is 5.85. The van der Waals surface area contributed by atoms with Crippen molar-refractivity contribution in [2.75, 3.05) is 0 Å². The van der Waals surface area contributed by atoms with Crippen molar-refractivity contribution in [2.24, 2.45) is 42.3 Å². The van der Waals surface area contributed by atoms with Crippen LogP contribution in [0.5, 0.6) is 0 Å². The van der Waals surface area contributed by atoms with E-state index in [1.807, 2.05) is 42.3 Å². The van der Waals surface area contributed by atoms with Crippen LogP contribution >= 0.6 is 0 Å². The lowest BCUT2D eigenvalue weighted by atomic mass is 10.3. The highest BCUT2D eigenvalue weighted by molar-refractivity contribution is 6.27. The van der Waals surface area contributed by atoms with Crippen LogP contribution in [-0.4, -0.2) is 49.6 Å². The molecule has 24 heteroatoms. The van der Waals surface area contributed by atoms with Crippen LogP contribution in [0.15, 0.2) is 112 Å². The molecule has 0 bridgehead atoms. The average Bonchev–Trinajstić information content (AvgIpc) is 4.20. The smallest absolute Gasteiger partial charge is 0.243 e. The number of hydrogen-bond acceptors (Lipinski definition) is 6. The Bertz CT molecular complexity index is 1680. The summed E-state index contributed by atoms with van der Waals surface area (Å²) in [5.41, 5.74) is 0. The molecule has 0 radical (unpaired) electrons. The van der Waals surface area contributed by atoms with E-state index in [9.17, 15) is 12.9 Å². The van der Waals surface area contributed by atoms with Gasteiger partial charge in [0.25, 0.3) is 0 Å². The van der Waals surface area contributed by atoms with Crippen molar-refractivity contribution in [3.8, 4) is 0 Å². The van der Waals surface area contributed by atoms with Crippen LogP contribution in [0.1, 0.15) is 119 Å². The number of hydrogen-bond donors (Lipinski definition) is 0. The Labute approximate surface area is 431 Å². The monoisotopic (exact) mass is 1020 g/mol. The van der Waals surface area contributed by atoms with Gasteiger partial charge in [0.05, 0.1) is 81.6 Å². The molecule has 6 rings (SSSR count). The van der Waals surface area contributed by atoms with Crippen molar-refractivity contribution < 1.29 is 70.5 Å². The summed E-state index contributed by atoms with van der Waals surface area (Å²) in [5, 5.41) is 49.8. The maximum Gasteiger partial charge on any atom is 0.243 e. The summed E-state index contributed by atoms with van der Waals surface area (Å²) >= 11 is 0. The molecular weight excluding hydrogens is 930 g/mol. The number of aromatic nitrogens is 12. The predicted octanol–water partition coefficient (Wildman–Crippen LogP) is -0.340. The summed E-state index contributed by atoms with van der Waals surface area (Å²) in [4.78, 5) is 0. The SMILES string of the molecule is CCCCn1cc[n+](C)c1.CCCCn1cc[n+](C)c1.CCCCn1cc[n+](C)c1.CCCCn1cc[n+](C)c1.CCCCn1cc[n+](C)c1.CCCCn1cc[n+](C)c1.[O-]B([O-])F.[O-]B([O-])F.[O-]B([O-])F. The zero-order valence-corrected chi connectivity index (χ0v) is 45.8. The highest BCUT2D eigenvalue weighted by Gasteiger charge is 2.01. The molecule has 18 nitrogen and oxygen atoms in total. The Hall–Kier alpha value is -5.00. The standard InChI is InChI=1S/6C8H15N2.3BFO2/c6*1-3-4-5-10-7-6-9(2)8-10;3*2-1(3)4/h6*6-8H,3-5H2,1-2H3;;;/q6*+1;3*-2. The van der Waals surface area contributed by atoms with E-state index in [0.717, 1.165) is 39.3 Å². The number of unbranched alkanes of at least 4 members (excludes halogenated alkanes) is 6. The van der Waals surface area contributed by atoms with Gasteiger partial charge in [-0.05, 0) is 38.5 Å². The lowest BCUT2D eigenvalue weighted by Crippen LogP contribution is -2.39. The first-order valence-electron chi connectivity index (χ1n) is 25.1. The molecule has 0 fully saturated rings. The summed E-state index contributed by atoms with van der Waals surface area (Å²) < 4.78 is 55.3. The van der Waals surface area contributed by atoms with Gasteiger partial charge < -0.3 is 43.1 Å². The third-order valence-corrected chi connectivity index (χ3v) is 9.56. The van der Waals surface area contributed by atoms with E-state index in [1.165, 1.54) is 77.0 Å². The van der Waals surface area contributed by atoms with E-state index in [0.29, 0.717) is 0 Å². The Morgan fingerprint density at radius 3 is 0.472 bits per heavy atom. The maximum atomic E-state index is 9.89. The number of nitrogens with zero attached hydrogens (tertiary/aromatic N) is 12. The van der Waals surface area contributed by atoms with Gasteiger partial charge in [0, 0.05) is 0 Å².